The van der Waals surface area contributed by atoms with E-state index in [1.54, 1.807) is 24.3 Å². The molecule has 0 spiro atoms. The first-order valence-electron chi connectivity index (χ1n) is 10.4. The Morgan fingerprint density at radius 2 is 1.62 bits per heavy atom. The highest BCUT2D eigenvalue weighted by atomic mass is 19.1. The van der Waals surface area contributed by atoms with Crippen LogP contribution in [0.25, 0.3) is 0 Å². The van der Waals surface area contributed by atoms with Gasteiger partial charge in [0, 0.05) is 18.3 Å². The highest BCUT2D eigenvalue weighted by Gasteiger charge is 2.37. The third-order valence-electron chi connectivity index (χ3n) is 5.25. The molecule has 34 heavy (non-hydrogen) atoms. The molecule has 0 saturated carbocycles. The summed E-state index contributed by atoms with van der Waals surface area (Å²) in [6.45, 7) is 2.34. The number of hydrogen-bond donors (Lipinski definition) is 2. The molecule has 0 unspecified atom stereocenters. The predicted molar refractivity (Wildman–Crippen MR) is 123 cm³/mol. The molecule has 1 aliphatic rings. The molecule has 4 rings (SSSR count). The Hall–Kier alpha value is -4.53. The molecule has 4 amide bonds. The van der Waals surface area contributed by atoms with E-state index in [-0.39, 0.29) is 27.9 Å². The van der Waals surface area contributed by atoms with Crippen molar-refractivity contribution in [3.05, 3.63) is 88.7 Å². The number of rotatable bonds is 6. The number of nitrogens with one attached hydrogen (secondary N) is 2. The molecule has 1 aliphatic heterocycles. The first kappa shape index (κ1) is 22.7. The van der Waals surface area contributed by atoms with Crippen molar-refractivity contribution in [2.24, 2.45) is 0 Å². The summed E-state index contributed by atoms with van der Waals surface area (Å²) in [7, 11) is 1.37. The van der Waals surface area contributed by atoms with Gasteiger partial charge in [0.05, 0.1) is 29.0 Å². The summed E-state index contributed by atoms with van der Waals surface area (Å²) < 4.78 is 19.3. The van der Waals surface area contributed by atoms with Gasteiger partial charge in [-0.1, -0.05) is 0 Å². The lowest BCUT2D eigenvalue weighted by molar-refractivity contribution is 0.0922. The lowest BCUT2D eigenvalue weighted by Gasteiger charge is -2.14. The van der Waals surface area contributed by atoms with E-state index in [2.05, 4.69) is 10.6 Å². The Kier molecular flexibility index (Phi) is 6.09. The number of hydrogen-bond acceptors (Lipinski definition) is 5. The summed E-state index contributed by atoms with van der Waals surface area (Å²) in [6.07, 6.45) is 0. The smallest absolute Gasteiger partial charge is 0.266 e. The van der Waals surface area contributed by atoms with E-state index in [0.29, 0.717) is 18.0 Å². The molecule has 2 N–H and O–H groups in total. The van der Waals surface area contributed by atoms with E-state index in [1.807, 2.05) is 6.92 Å². The molecule has 0 aliphatic carbocycles. The molecular weight excluding hydrogens is 441 g/mol. The lowest BCUT2D eigenvalue weighted by atomic mass is 10.1. The number of nitrogens with zero attached hydrogens (tertiary/aromatic N) is 1. The van der Waals surface area contributed by atoms with Gasteiger partial charge in [-0.2, -0.15) is 0 Å². The molecule has 3 aromatic rings. The van der Waals surface area contributed by atoms with Crippen LogP contribution in [0.5, 0.6) is 5.75 Å². The number of carbonyl (C=O) groups is 4. The van der Waals surface area contributed by atoms with Gasteiger partial charge in [-0.25, -0.2) is 9.29 Å². The van der Waals surface area contributed by atoms with Crippen LogP contribution in [-0.4, -0.2) is 37.3 Å². The molecule has 172 valence electrons. The summed E-state index contributed by atoms with van der Waals surface area (Å²) in [5.41, 5.74) is 0.758. The van der Waals surface area contributed by atoms with Gasteiger partial charge in [-0.3, -0.25) is 19.2 Å². The maximum Gasteiger partial charge on any atom is 0.266 e. The highest BCUT2D eigenvalue weighted by molar-refractivity contribution is 6.34. The SMILES string of the molecule is CCOc1ccc(N2C(=O)c3ccc(C(=O)Nc4ccc(F)c(C(=O)NC)c4)cc3C2=O)cc1. The van der Waals surface area contributed by atoms with E-state index < -0.39 is 29.4 Å². The summed E-state index contributed by atoms with van der Waals surface area (Å²) in [5, 5.41) is 4.90. The largest absolute Gasteiger partial charge is 0.494 e. The van der Waals surface area contributed by atoms with Gasteiger partial charge < -0.3 is 15.4 Å². The van der Waals surface area contributed by atoms with Gasteiger partial charge in [-0.15, -0.1) is 0 Å². The second-order valence-corrected chi connectivity index (χ2v) is 7.36. The van der Waals surface area contributed by atoms with Crippen LogP contribution in [0.1, 0.15) is 48.4 Å². The number of halogens is 1. The van der Waals surface area contributed by atoms with E-state index in [1.165, 1.54) is 37.4 Å². The van der Waals surface area contributed by atoms with Crippen LogP contribution < -0.4 is 20.3 Å². The summed E-state index contributed by atoms with van der Waals surface area (Å²) >= 11 is 0. The number of benzene rings is 3. The summed E-state index contributed by atoms with van der Waals surface area (Å²) in [5.74, 6) is -2.38. The van der Waals surface area contributed by atoms with Gasteiger partial charge >= 0.3 is 0 Å². The van der Waals surface area contributed by atoms with Crippen LogP contribution in [0.3, 0.4) is 0 Å². The summed E-state index contributed by atoms with van der Waals surface area (Å²) in [4.78, 5) is 51.4. The number of fused-ring (bicyclic) bond motifs is 1. The third kappa shape index (κ3) is 4.11. The number of ether oxygens (including phenoxy) is 1. The molecule has 9 heteroatoms. The topological polar surface area (TPSA) is 105 Å². The van der Waals surface area contributed by atoms with Crippen molar-refractivity contribution in [3.8, 4) is 5.75 Å². The Bertz CT molecular complexity index is 1320. The average Bonchev–Trinajstić information content (AvgIpc) is 3.10. The molecule has 0 bridgehead atoms. The van der Waals surface area contributed by atoms with Crippen LogP contribution in [-0.2, 0) is 0 Å². The van der Waals surface area contributed by atoms with Crippen LogP contribution in [0.4, 0.5) is 15.8 Å². The Balaban J connectivity index is 1.57. The molecule has 0 aromatic heterocycles. The fraction of sp³-hybridized carbons (Fsp3) is 0.120. The monoisotopic (exact) mass is 461 g/mol. The zero-order valence-electron chi connectivity index (χ0n) is 18.3. The van der Waals surface area contributed by atoms with E-state index >= 15 is 0 Å². The second-order valence-electron chi connectivity index (χ2n) is 7.36. The van der Waals surface area contributed by atoms with Crippen molar-refractivity contribution in [1.82, 2.24) is 5.32 Å². The molecular formula is C25H20FN3O5. The molecule has 8 nitrogen and oxygen atoms in total. The Morgan fingerprint density at radius 3 is 2.29 bits per heavy atom. The van der Waals surface area contributed by atoms with Gasteiger partial charge in [0.2, 0.25) is 0 Å². The standard InChI is InChI=1S/C25H20FN3O5/c1-3-34-17-8-6-16(7-9-17)29-24(32)18-10-4-14(12-19(18)25(29)33)22(30)28-15-5-11-21(26)20(13-15)23(31)27-2/h4-13H,3H2,1-2H3,(H,27,31)(H,28,30). The minimum atomic E-state index is -0.728. The zero-order valence-corrected chi connectivity index (χ0v) is 18.3. The van der Waals surface area contributed by atoms with Gasteiger partial charge in [0.1, 0.15) is 11.6 Å². The van der Waals surface area contributed by atoms with Crippen LogP contribution in [0.2, 0.25) is 0 Å². The molecule has 0 radical (unpaired) electrons. The lowest BCUT2D eigenvalue weighted by Crippen LogP contribution is -2.29. The Morgan fingerprint density at radius 1 is 0.912 bits per heavy atom. The van der Waals surface area contributed by atoms with E-state index in [4.69, 9.17) is 4.74 Å². The van der Waals surface area contributed by atoms with Crippen LogP contribution in [0.15, 0.2) is 60.7 Å². The normalized spacial score (nSPS) is 12.4. The average molecular weight is 461 g/mol. The van der Waals surface area contributed by atoms with Gasteiger partial charge in [-0.05, 0) is 67.6 Å². The molecule has 0 fully saturated rings. The maximum absolute atomic E-state index is 13.9. The predicted octanol–water partition coefficient (Wildman–Crippen LogP) is 3.64. The summed E-state index contributed by atoms with van der Waals surface area (Å²) in [6, 6.07) is 14.3. The van der Waals surface area contributed by atoms with Crippen molar-refractivity contribution in [1.29, 1.82) is 0 Å². The van der Waals surface area contributed by atoms with Crippen molar-refractivity contribution in [2.75, 3.05) is 23.9 Å². The van der Waals surface area contributed by atoms with Crippen molar-refractivity contribution in [2.45, 2.75) is 6.92 Å². The number of imide groups is 1. The van der Waals surface area contributed by atoms with E-state index in [0.717, 1.165) is 11.0 Å². The molecule has 0 saturated heterocycles. The van der Waals surface area contributed by atoms with Gasteiger partial charge in [0.15, 0.2) is 0 Å². The van der Waals surface area contributed by atoms with Crippen LogP contribution >= 0.6 is 0 Å². The molecule has 1 heterocycles. The molecule has 3 aromatic carbocycles. The first-order chi connectivity index (χ1) is 16.3. The van der Waals surface area contributed by atoms with Crippen LogP contribution in [0, 0.1) is 5.82 Å². The number of amides is 4. The first-order valence-corrected chi connectivity index (χ1v) is 10.4. The van der Waals surface area contributed by atoms with E-state index in [9.17, 15) is 23.6 Å². The van der Waals surface area contributed by atoms with Gasteiger partial charge in [0.25, 0.3) is 23.6 Å². The maximum atomic E-state index is 13.9. The minimum absolute atomic E-state index is 0.0942. The minimum Gasteiger partial charge on any atom is -0.494 e. The highest BCUT2D eigenvalue weighted by Crippen LogP contribution is 2.30. The van der Waals surface area contributed by atoms with Crippen molar-refractivity contribution < 1.29 is 28.3 Å². The zero-order chi connectivity index (χ0) is 24.4. The number of carbonyl (C=O) groups excluding carboxylic acids is 4. The fourth-order valence-electron chi connectivity index (χ4n) is 3.59. The quantitative estimate of drug-likeness (QED) is 0.546. The number of anilines is 2. The van der Waals surface area contributed by atoms with Crippen molar-refractivity contribution in [3.63, 3.8) is 0 Å². The van der Waals surface area contributed by atoms with Crippen molar-refractivity contribution >= 4 is 35.0 Å². The fourth-order valence-corrected chi connectivity index (χ4v) is 3.59. The Labute approximate surface area is 194 Å². The second kappa shape index (κ2) is 9.14. The molecule has 0 atom stereocenters. The third-order valence-corrected chi connectivity index (χ3v) is 5.25.